The minimum Gasteiger partial charge on any atom is -0.391 e. The van der Waals surface area contributed by atoms with Gasteiger partial charge in [-0.1, -0.05) is 54.4 Å². The number of aliphatic hydroxyl groups is 1. The molecule has 4 heteroatoms. The standard InChI is InChI=1S/C17H19Cl2NO/c1-3-20-17(12(2)21,13-6-4-8-15(18)10-13)14-7-5-9-16(19)11-14/h4-12,20-21H,3H2,1-2H3. The van der Waals surface area contributed by atoms with Gasteiger partial charge in [-0.25, -0.2) is 0 Å². The molecule has 1 unspecified atom stereocenters. The molecule has 0 aromatic heterocycles. The van der Waals surface area contributed by atoms with Crippen LogP contribution in [0.3, 0.4) is 0 Å². The Kier molecular flexibility index (Phi) is 5.28. The summed E-state index contributed by atoms with van der Waals surface area (Å²) in [5, 5.41) is 15.2. The van der Waals surface area contributed by atoms with Crippen molar-refractivity contribution in [3.8, 4) is 0 Å². The Morgan fingerprint density at radius 2 is 1.52 bits per heavy atom. The van der Waals surface area contributed by atoms with Gasteiger partial charge in [0.15, 0.2) is 0 Å². The van der Waals surface area contributed by atoms with Crippen LogP contribution in [0.5, 0.6) is 0 Å². The molecule has 0 amide bonds. The van der Waals surface area contributed by atoms with Gasteiger partial charge in [-0.15, -0.1) is 0 Å². The third-order valence-electron chi connectivity index (χ3n) is 3.64. The number of rotatable bonds is 5. The molecule has 112 valence electrons. The molecule has 1 atom stereocenters. The second kappa shape index (κ2) is 6.80. The van der Waals surface area contributed by atoms with Crippen LogP contribution in [0.4, 0.5) is 0 Å². The molecule has 21 heavy (non-hydrogen) atoms. The summed E-state index contributed by atoms with van der Waals surface area (Å²) in [6.07, 6.45) is -0.658. The maximum Gasteiger partial charge on any atom is 0.0952 e. The fourth-order valence-electron chi connectivity index (χ4n) is 2.75. The first-order valence-electron chi connectivity index (χ1n) is 6.96. The Morgan fingerprint density at radius 3 is 1.86 bits per heavy atom. The molecule has 0 aliphatic rings. The third-order valence-corrected chi connectivity index (χ3v) is 4.11. The fourth-order valence-corrected chi connectivity index (χ4v) is 3.13. The van der Waals surface area contributed by atoms with Gasteiger partial charge in [0.2, 0.25) is 0 Å². The summed E-state index contributed by atoms with van der Waals surface area (Å²) in [6, 6.07) is 15.1. The van der Waals surface area contributed by atoms with E-state index in [1.54, 1.807) is 6.92 Å². The predicted octanol–water partition coefficient (Wildman–Crippen LogP) is 4.23. The average molecular weight is 324 g/mol. The van der Waals surface area contributed by atoms with Crippen LogP contribution in [0.1, 0.15) is 25.0 Å². The Balaban J connectivity index is 2.69. The van der Waals surface area contributed by atoms with E-state index in [0.29, 0.717) is 16.6 Å². The van der Waals surface area contributed by atoms with E-state index in [1.807, 2.05) is 55.5 Å². The first-order chi connectivity index (χ1) is 10.0. The molecule has 2 aromatic carbocycles. The first-order valence-corrected chi connectivity index (χ1v) is 7.71. The van der Waals surface area contributed by atoms with Gasteiger partial charge in [-0.3, -0.25) is 0 Å². The molecular weight excluding hydrogens is 305 g/mol. The summed E-state index contributed by atoms with van der Waals surface area (Å²) in [6.45, 7) is 4.47. The zero-order valence-electron chi connectivity index (χ0n) is 12.1. The summed E-state index contributed by atoms with van der Waals surface area (Å²) in [7, 11) is 0. The zero-order valence-corrected chi connectivity index (χ0v) is 13.6. The number of aliphatic hydroxyl groups excluding tert-OH is 1. The minimum absolute atomic E-state index is 0.637. The summed E-state index contributed by atoms with van der Waals surface area (Å²) in [4.78, 5) is 0. The van der Waals surface area contributed by atoms with E-state index >= 15 is 0 Å². The largest absolute Gasteiger partial charge is 0.391 e. The highest BCUT2D eigenvalue weighted by molar-refractivity contribution is 6.31. The predicted molar refractivity (Wildman–Crippen MR) is 89.0 cm³/mol. The van der Waals surface area contributed by atoms with Crippen LogP contribution in [0, 0.1) is 0 Å². The van der Waals surface area contributed by atoms with Crippen molar-refractivity contribution in [2.24, 2.45) is 0 Å². The van der Waals surface area contributed by atoms with Gasteiger partial charge in [0, 0.05) is 10.0 Å². The van der Waals surface area contributed by atoms with E-state index in [2.05, 4.69) is 5.32 Å². The SMILES string of the molecule is CCNC(c1cccc(Cl)c1)(c1cccc(Cl)c1)C(C)O. The molecule has 2 N–H and O–H groups in total. The average Bonchev–Trinajstić information content (AvgIpc) is 2.44. The second-order valence-corrected chi connectivity index (χ2v) is 5.91. The van der Waals surface area contributed by atoms with Crippen molar-refractivity contribution >= 4 is 23.2 Å². The lowest BCUT2D eigenvalue weighted by atomic mass is 9.78. The van der Waals surface area contributed by atoms with Crippen molar-refractivity contribution < 1.29 is 5.11 Å². The lowest BCUT2D eigenvalue weighted by Crippen LogP contribution is -2.51. The van der Waals surface area contributed by atoms with Gasteiger partial charge < -0.3 is 10.4 Å². The first kappa shape index (κ1) is 16.3. The van der Waals surface area contributed by atoms with Gasteiger partial charge in [0.1, 0.15) is 0 Å². The van der Waals surface area contributed by atoms with Crippen LogP contribution in [-0.2, 0) is 5.54 Å². The highest BCUT2D eigenvalue weighted by atomic mass is 35.5. The summed E-state index contributed by atoms with van der Waals surface area (Å²) in [5.41, 5.74) is 1.08. The topological polar surface area (TPSA) is 32.3 Å². The molecule has 0 saturated heterocycles. The van der Waals surface area contributed by atoms with Crippen molar-refractivity contribution in [2.75, 3.05) is 6.54 Å². The maximum atomic E-state index is 10.5. The lowest BCUT2D eigenvalue weighted by molar-refractivity contribution is 0.0988. The van der Waals surface area contributed by atoms with Gasteiger partial charge >= 0.3 is 0 Å². The number of hydrogen-bond donors (Lipinski definition) is 2. The molecular formula is C17H19Cl2NO. The van der Waals surface area contributed by atoms with Crippen molar-refractivity contribution in [1.29, 1.82) is 0 Å². The van der Waals surface area contributed by atoms with E-state index in [1.165, 1.54) is 0 Å². The van der Waals surface area contributed by atoms with Crippen molar-refractivity contribution in [2.45, 2.75) is 25.5 Å². The second-order valence-electron chi connectivity index (χ2n) is 5.04. The van der Waals surface area contributed by atoms with Crippen LogP contribution >= 0.6 is 23.2 Å². The summed E-state index contributed by atoms with van der Waals surface area (Å²) < 4.78 is 0. The quantitative estimate of drug-likeness (QED) is 0.863. The van der Waals surface area contributed by atoms with E-state index in [4.69, 9.17) is 23.2 Å². The Morgan fingerprint density at radius 1 is 1.05 bits per heavy atom. The Bertz CT molecular complexity index is 568. The molecule has 0 radical (unpaired) electrons. The van der Waals surface area contributed by atoms with Crippen LogP contribution < -0.4 is 5.32 Å². The fraction of sp³-hybridized carbons (Fsp3) is 0.294. The van der Waals surface area contributed by atoms with Crippen molar-refractivity contribution in [3.63, 3.8) is 0 Å². The van der Waals surface area contributed by atoms with Gasteiger partial charge in [-0.05, 0) is 48.9 Å². The molecule has 0 spiro atoms. The maximum absolute atomic E-state index is 10.5. The molecule has 2 aromatic rings. The number of nitrogens with one attached hydrogen (secondary N) is 1. The molecule has 0 heterocycles. The highest BCUT2D eigenvalue weighted by Gasteiger charge is 2.38. The number of likely N-dealkylation sites (N-methyl/N-ethyl adjacent to an activating group) is 1. The molecule has 0 aliphatic carbocycles. The lowest BCUT2D eigenvalue weighted by Gasteiger charge is -2.39. The van der Waals surface area contributed by atoms with E-state index in [0.717, 1.165) is 11.1 Å². The zero-order chi connectivity index (χ0) is 15.5. The van der Waals surface area contributed by atoms with E-state index < -0.39 is 11.6 Å². The van der Waals surface area contributed by atoms with Crippen LogP contribution in [0.15, 0.2) is 48.5 Å². The van der Waals surface area contributed by atoms with E-state index in [-0.39, 0.29) is 0 Å². The van der Waals surface area contributed by atoms with E-state index in [9.17, 15) is 5.11 Å². The number of hydrogen-bond acceptors (Lipinski definition) is 2. The van der Waals surface area contributed by atoms with Crippen molar-refractivity contribution in [1.82, 2.24) is 5.32 Å². The van der Waals surface area contributed by atoms with Crippen LogP contribution in [0.25, 0.3) is 0 Å². The van der Waals surface area contributed by atoms with Gasteiger partial charge in [0.05, 0.1) is 11.6 Å². The van der Waals surface area contributed by atoms with Crippen molar-refractivity contribution in [3.05, 3.63) is 69.7 Å². The third kappa shape index (κ3) is 3.24. The normalized spacial score (nSPS) is 13.2. The van der Waals surface area contributed by atoms with Crippen LogP contribution in [-0.4, -0.2) is 17.8 Å². The number of halogens is 2. The van der Waals surface area contributed by atoms with Gasteiger partial charge in [0.25, 0.3) is 0 Å². The summed E-state index contributed by atoms with van der Waals surface area (Å²) >= 11 is 12.3. The highest BCUT2D eigenvalue weighted by Crippen LogP contribution is 2.35. The smallest absolute Gasteiger partial charge is 0.0952 e. The molecule has 0 bridgehead atoms. The molecule has 0 fully saturated rings. The minimum atomic E-state index is -0.745. The molecule has 2 nitrogen and oxygen atoms in total. The molecule has 0 saturated carbocycles. The van der Waals surface area contributed by atoms with Crippen LogP contribution in [0.2, 0.25) is 10.0 Å². The molecule has 2 rings (SSSR count). The number of benzene rings is 2. The monoisotopic (exact) mass is 323 g/mol. The molecule has 0 aliphatic heterocycles. The summed E-state index contributed by atoms with van der Waals surface area (Å²) in [5.74, 6) is 0. The Labute approximate surface area is 135 Å². The Hall–Kier alpha value is -1.06. The van der Waals surface area contributed by atoms with Gasteiger partial charge in [-0.2, -0.15) is 0 Å².